The normalized spacial score (nSPS) is 40.0. The maximum atomic E-state index is 6.03. The van der Waals surface area contributed by atoms with Gasteiger partial charge < -0.3 is 10.5 Å². The molecule has 0 spiro atoms. The molecule has 0 aromatic heterocycles. The molecule has 0 aromatic carbocycles. The highest BCUT2D eigenvalue weighted by atomic mass is 16.5. The van der Waals surface area contributed by atoms with E-state index in [1.165, 1.54) is 45.2 Å². The van der Waals surface area contributed by atoms with Gasteiger partial charge in [0.2, 0.25) is 0 Å². The van der Waals surface area contributed by atoms with Gasteiger partial charge in [0.1, 0.15) is 0 Å². The lowest BCUT2D eigenvalue weighted by Crippen LogP contribution is -2.51. The number of hydrogen-bond acceptors (Lipinski definition) is 4. The molecule has 0 aliphatic carbocycles. The zero-order valence-corrected chi connectivity index (χ0v) is 11.6. The summed E-state index contributed by atoms with van der Waals surface area (Å²) < 4.78 is 5.87. The van der Waals surface area contributed by atoms with Crippen LogP contribution in [0.2, 0.25) is 0 Å². The minimum atomic E-state index is 0.386. The molecule has 2 N–H and O–H groups in total. The summed E-state index contributed by atoms with van der Waals surface area (Å²) in [5.41, 5.74) is 6.03. The fraction of sp³-hybridized carbons (Fsp3) is 1.00. The van der Waals surface area contributed by atoms with E-state index in [9.17, 15) is 0 Å². The summed E-state index contributed by atoms with van der Waals surface area (Å²) in [6.07, 6.45) is 6.85. The molecular weight excluding hydrogens is 226 g/mol. The molecule has 0 radical (unpaired) electrons. The van der Waals surface area contributed by atoms with Crippen LogP contribution in [0.4, 0.5) is 0 Å². The van der Waals surface area contributed by atoms with E-state index >= 15 is 0 Å². The van der Waals surface area contributed by atoms with Gasteiger partial charge in [0.05, 0.1) is 6.10 Å². The highest BCUT2D eigenvalue weighted by molar-refractivity contribution is 4.94. The number of likely N-dealkylation sites (N-methyl/N-ethyl adjacent to an activating group) is 1. The third-order valence-electron chi connectivity index (χ3n) is 5.28. The van der Waals surface area contributed by atoms with E-state index in [-0.39, 0.29) is 0 Å². The summed E-state index contributed by atoms with van der Waals surface area (Å²) in [6, 6.07) is 2.00. The van der Waals surface area contributed by atoms with Gasteiger partial charge in [-0.25, -0.2) is 0 Å². The topological polar surface area (TPSA) is 41.7 Å². The van der Waals surface area contributed by atoms with Crippen LogP contribution >= 0.6 is 0 Å². The number of ether oxygens (including phenoxy) is 1. The lowest BCUT2D eigenvalue weighted by molar-refractivity contribution is 0.0239. The van der Waals surface area contributed by atoms with Crippen molar-refractivity contribution in [1.82, 2.24) is 9.80 Å². The third-order valence-corrected chi connectivity index (χ3v) is 5.28. The van der Waals surface area contributed by atoms with Crippen LogP contribution in [0, 0.1) is 0 Å². The number of nitrogens with two attached hydrogens (primary N) is 1. The molecule has 3 fully saturated rings. The molecule has 3 heterocycles. The Morgan fingerprint density at radius 2 is 2.06 bits per heavy atom. The van der Waals surface area contributed by atoms with Crippen LogP contribution in [0.1, 0.15) is 32.1 Å². The Balaban J connectivity index is 1.67. The fourth-order valence-corrected chi connectivity index (χ4v) is 4.08. The van der Waals surface area contributed by atoms with E-state index in [1.807, 2.05) is 0 Å². The average molecular weight is 253 g/mol. The lowest BCUT2D eigenvalue weighted by Gasteiger charge is -2.35. The van der Waals surface area contributed by atoms with Crippen molar-refractivity contribution in [2.75, 3.05) is 33.3 Å². The molecule has 3 saturated heterocycles. The Morgan fingerprint density at radius 3 is 2.78 bits per heavy atom. The predicted molar refractivity (Wildman–Crippen MR) is 72.6 cm³/mol. The summed E-state index contributed by atoms with van der Waals surface area (Å²) in [5, 5.41) is 0. The van der Waals surface area contributed by atoms with E-state index in [2.05, 4.69) is 16.8 Å². The maximum absolute atomic E-state index is 6.03. The first kappa shape index (κ1) is 12.9. The number of rotatable bonds is 3. The van der Waals surface area contributed by atoms with Crippen molar-refractivity contribution < 1.29 is 4.74 Å². The van der Waals surface area contributed by atoms with Crippen LogP contribution < -0.4 is 5.73 Å². The molecule has 0 aromatic rings. The van der Waals surface area contributed by atoms with Crippen LogP contribution in [-0.2, 0) is 4.74 Å². The Labute approximate surface area is 110 Å². The molecule has 4 nitrogen and oxygen atoms in total. The van der Waals surface area contributed by atoms with Gasteiger partial charge in [-0.05, 0) is 39.2 Å². The predicted octanol–water partition coefficient (Wildman–Crippen LogP) is 0.661. The summed E-state index contributed by atoms with van der Waals surface area (Å²) in [4.78, 5) is 5.22. The van der Waals surface area contributed by atoms with Gasteiger partial charge >= 0.3 is 0 Å². The van der Waals surface area contributed by atoms with E-state index in [4.69, 9.17) is 10.5 Å². The minimum absolute atomic E-state index is 0.386. The van der Waals surface area contributed by atoms with Gasteiger partial charge in [-0.1, -0.05) is 0 Å². The fourth-order valence-electron chi connectivity index (χ4n) is 4.08. The first-order valence-corrected chi connectivity index (χ1v) is 7.57. The van der Waals surface area contributed by atoms with Gasteiger partial charge in [0.15, 0.2) is 0 Å². The lowest BCUT2D eigenvalue weighted by atomic mass is 10.0. The highest BCUT2D eigenvalue weighted by Gasteiger charge is 2.38. The van der Waals surface area contributed by atoms with Gasteiger partial charge in [-0.15, -0.1) is 0 Å². The summed E-state index contributed by atoms with van der Waals surface area (Å²) in [6.45, 7) is 4.06. The number of hydrogen-bond donors (Lipinski definition) is 1. The van der Waals surface area contributed by atoms with Gasteiger partial charge in [-0.3, -0.25) is 9.80 Å². The molecule has 2 bridgehead atoms. The van der Waals surface area contributed by atoms with Crippen LogP contribution in [0.3, 0.4) is 0 Å². The van der Waals surface area contributed by atoms with Crippen molar-refractivity contribution >= 4 is 0 Å². The standard InChI is InChI=1S/C14H27N3O/c1-16-11-4-5-12(16)10-17(7-6-11)13(9-15)14-3-2-8-18-14/h11-14H,2-10,15H2,1H3. The van der Waals surface area contributed by atoms with E-state index in [0.717, 1.165) is 25.2 Å². The molecule has 18 heavy (non-hydrogen) atoms. The quantitative estimate of drug-likeness (QED) is 0.802. The van der Waals surface area contributed by atoms with Gasteiger partial charge in [0, 0.05) is 44.4 Å². The zero-order chi connectivity index (χ0) is 12.5. The molecule has 104 valence electrons. The van der Waals surface area contributed by atoms with Crippen molar-refractivity contribution in [2.24, 2.45) is 5.73 Å². The van der Waals surface area contributed by atoms with Crippen LogP contribution in [0.15, 0.2) is 0 Å². The van der Waals surface area contributed by atoms with Crippen molar-refractivity contribution in [3.05, 3.63) is 0 Å². The molecule has 0 amide bonds. The summed E-state index contributed by atoms with van der Waals surface area (Å²) in [5.74, 6) is 0. The molecular formula is C14H27N3O. The van der Waals surface area contributed by atoms with Crippen molar-refractivity contribution in [1.29, 1.82) is 0 Å². The summed E-state index contributed by atoms with van der Waals surface area (Å²) in [7, 11) is 2.30. The van der Waals surface area contributed by atoms with Gasteiger partial charge in [-0.2, -0.15) is 0 Å². The second kappa shape index (κ2) is 5.45. The van der Waals surface area contributed by atoms with E-state index < -0.39 is 0 Å². The first-order chi connectivity index (χ1) is 8.79. The van der Waals surface area contributed by atoms with Crippen molar-refractivity contribution in [3.63, 3.8) is 0 Å². The smallest absolute Gasteiger partial charge is 0.0743 e. The van der Waals surface area contributed by atoms with E-state index in [0.29, 0.717) is 12.1 Å². The minimum Gasteiger partial charge on any atom is -0.377 e. The van der Waals surface area contributed by atoms with Crippen molar-refractivity contribution in [2.45, 2.75) is 56.3 Å². The summed E-state index contributed by atoms with van der Waals surface area (Å²) >= 11 is 0. The Bertz CT molecular complexity index is 280. The largest absolute Gasteiger partial charge is 0.377 e. The molecule has 3 rings (SSSR count). The maximum Gasteiger partial charge on any atom is 0.0743 e. The van der Waals surface area contributed by atoms with Gasteiger partial charge in [0.25, 0.3) is 0 Å². The zero-order valence-electron chi connectivity index (χ0n) is 11.6. The molecule has 4 atom stereocenters. The molecule has 4 heteroatoms. The number of likely N-dealkylation sites (tertiary alicyclic amines) is 1. The number of fused-ring (bicyclic) bond motifs is 2. The Hall–Kier alpha value is -0.160. The Morgan fingerprint density at radius 1 is 1.22 bits per heavy atom. The molecule has 4 unspecified atom stereocenters. The SMILES string of the molecule is CN1C2CCC1CN(C(CN)C1CCCO1)CC2. The van der Waals surface area contributed by atoms with Crippen LogP contribution in [0.25, 0.3) is 0 Å². The third kappa shape index (κ3) is 2.31. The van der Waals surface area contributed by atoms with Crippen LogP contribution in [0.5, 0.6) is 0 Å². The first-order valence-electron chi connectivity index (χ1n) is 7.57. The second-order valence-corrected chi connectivity index (χ2v) is 6.19. The second-order valence-electron chi connectivity index (χ2n) is 6.19. The molecule has 3 aliphatic rings. The average Bonchev–Trinajstić information content (AvgIpc) is 2.93. The molecule has 0 saturated carbocycles. The van der Waals surface area contributed by atoms with E-state index in [1.54, 1.807) is 0 Å². The Kier molecular flexibility index (Phi) is 3.89. The van der Waals surface area contributed by atoms with Crippen molar-refractivity contribution in [3.8, 4) is 0 Å². The van der Waals surface area contributed by atoms with Crippen LogP contribution in [-0.4, -0.2) is 67.3 Å². The monoisotopic (exact) mass is 253 g/mol. The highest BCUT2D eigenvalue weighted by Crippen LogP contribution is 2.30. The number of nitrogens with zero attached hydrogens (tertiary/aromatic N) is 2. The molecule has 3 aliphatic heterocycles.